The molecule has 0 heterocycles. The van der Waals surface area contributed by atoms with Gasteiger partial charge in [-0.05, 0) is 30.7 Å². The largest absolute Gasteiger partial charge is 0.494 e. The summed E-state index contributed by atoms with van der Waals surface area (Å²) >= 11 is 9.30. The van der Waals surface area contributed by atoms with E-state index in [1.165, 1.54) is 6.07 Å². The number of halogens is 3. The van der Waals surface area contributed by atoms with Crippen LogP contribution in [0.25, 0.3) is 0 Å². The van der Waals surface area contributed by atoms with Gasteiger partial charge < -0.3 is 4.74 Å². The van der Waals surface area contributed by atoms with Crippen LogP contribution in [0.4, 0.5) is 4.39 Å². The Bertz CT molecular complexity index is 557. The van der Waals surface area contributed by atoms with Crippen molar-refractivity contribution in [3.63, 3.8) is 0 Å². The molecule has 1 atom stereocenters. The van der Waals surface area contributed by atoms with E-state index in [4.69, 9.17) is 16.3 Å². The minimum atomic E-state index is -0.389. The lowest BCUT2D eigenvalue weighted by atomic mass is 10.0. The highest BCUT2D eigenvalue weighted by atomic mass is 79.9. The standard InChI is InChI=1S/C15H13BrClFO/c1-2-19-11-8-6-10(7-9-11)14(16)12-4-3-5-13(17)15(12)18/h3-9,14H,2H2,1H3. The van der Waals surface area contributed by atoms with Gasteiger partial charge in [0.1, 0.15) is 11.6 Å². The molecule has 0 amide bonds. The highest BCUT2D eigenvalue weighted by Crippen LogP contribution is 2.35. The van der Waals surface area contributed by atoms with E-state index < -0.39 is 0 Å². The van der Waals surface area contributed by atoms with E-state index in [0.717, 1.165) is 11.3 Å². The summed E-state index contributed by atoms with van der Waals surface area (Å²) in [7, 11) is 0. The van der Waals surface area contributed by atoms with Crippen molar-refractivity contribution in [2.75, 3.05) is 6.61 Å². The molecule has 0 aromatic heterocycles. The lowest BCUT2D eigenvalue weighted by molar-refractivity contribution is 0.340. The maximum atomic E-state index is 14.0. The second-order valence-electron chi connectivity index (χ2n) is 4.01. The summed E-state index contributed by atoms with van der Waals surface area (Å²) in [5.41, 5.74) is 1.47. The van der Waals surface area contributed by atoms with Crippen LogP contribution in [0.2, 0.25) is 5.02 Å². The number of rotatable bonds is 4. The summed E-state index contributed by atoms with van der Waals surface area (Å²) in [4.78, 5) is -0.234. The molecule has 19 heavy (non-hydrogen) atoms. The van der Waals surface area contributed by atoms with Gasteiger partial charge in [0.25, 0.3) is 0 Å². The van der Waals surface area contributed by atoms with E-state index in [-0.39, 0.29) is 15.7 Å². The molecule has 0 spiro atoms. The highest BCUT2D eigenvalue weighted by molar-refractivity contribution is 9.09. The summed E-state index contributed by atoms with van der Waals surface area (Å²) in [6, 6.07) is 12.6. The fourth-order valence-electron chi connectivity index (χ4n) is 1.80. The summed E-state index contributed by atoms with van der Waals surface area (Å²) in [6.45, 7) is 2.56. The van der Waals surface area contributed by atoms with Gasteiger partial charge in [0.15, 0.2) is 0 Å². The molecular weight excluding hydrogens is 331 g/mol. The minimum absolute atomic E-state index is 0.132. The number of benzene rings is 2. The van der Waals surface area contributed by atoms with Crippen LogP contribution >= 0.6 is 27.5 Å². The quantitative estimate of drug-likeness (QED) is 0.679. The maximum absolute atomic E-state index is 14.0. The molecule has 2 aromatic rings. The van der Waals surface area contributed by atoms with Crippen LogP contribution in [-0.4, -0.2) is 6.61 Å². The van der Waals surface area contributed by atoms with Gasteiger partial charge in [0, 0.05) is 5.56 Å². The number of ether oxygens (including phenoxy) is 1. The van der Waals surface area contributed by atoms with Crippen LogP contribution < -0.4 is 4.74 Å². The highest BCUT2D eigenvalue weighted by Gasteiger charge is 2.16. The number of hydrogen-bond donors (Lipinski definition) is 0. The summed E-state index contributed by atoms with van der Waals surface area (Å²) < 4.78 is 19.3. The monoisotopic (exact) mass is 342 g/mol. The van der Waals surface area contributed by atoms with Crippen molar-refractivity contribution < 1.29 is 9.13 Å². The zero-order chi connectivity index (χ0) is 13.8. The fraction of sp³-hybridized carbons (Fsp3) is 0.200. The van der Waals surface area contributed by atoms with Crippen molar-refractivity contribution in [3.8, 4) is 5.75 Å². The topological polar surface area (TPSA) is 9.23 Å². The smallest absolute Gasteiger partial charge is 0.146 e. The Balaban J connectivity index is 2.28. The fourth-order valence-corrected chi connectivity index (χ4v) is 2.64. The molecule has 0 saturated carbocycles. The Morgan fingerprint density at radius 1 is 1.21 bits per heavy atom. The molecule has 0 N–H and O–H groups in total. The molecule has 1 unspecified atom stereocenters. The molecule has 0 aliphatic rings. The van der Waals surface area contributed by atoms with Crippen LogP contribution in [-0.2, 0) is 0 Å². The van der Waals surface area contributed by atoms with E-state index in [9.17, 15) is 4.39 Å². The third-order valence-corrected chi connectivity index (χ3v) is 4.05. The van der Waals surface area contributed by atoms with Crippen LogP contribution in [0.3, 0.4) is 0 Å². The van der Waals surface area contributed by atoms with Gasteiger partial charge in [0.05, 0.1) is 16.5 Å². The average Bonchev–Trinajstić information content (AvgIpc) is 2.42. The Morgan fingerprint density at radius 3 is 2.53 bits per heavy atom. The zero-order valence-electron chi connectivity index (χ0n) is 10.4. The first-order valence-corrected chi connectivity index (χ1v) is 7.23. The van der Waals surface area contributed by atoms with Gasteiger partial charge in [0.2, 0.25) is 0 Å². The predicted molar refractivity (Wildman–Crippen MR) is 79.8 cm³/mol. The van der Waals surface area contributed by atoms with Gasteiger partial charge in [-0.1, -0.05) is 51.8 Å². The molecule has 0 saturated heterocycles. The Kier molecular flexibility index (Phi) is 4.83. The minimum Gasteiger partial charge on any atom is -0.494 e. The summed E-state index contributed by atoms with van der Waals surface area (Å²) in [5, 5.41) is 0.132. The normalized spacial score (nSPS) is 12.2. The molecule has 0 aliphatic carbocycles. The van der Waals surface area contributed by atoms with Crippen molar-refractivity contribution in [3.05, 3.63) is 64.4 Å². The van der Waals surface area contributed by atoms with Gasteiger partial charge >= 0.3 is 0 Å². The van der Waals surface area contributed by atoms with E-state index in [2.05, 4.69) is 15.9 Å². The van der Waals surface area contributed by atoms with Gasteiger partial charge in [-0.25, -0.2) is 4.39 Å². The predicted octanol–water partition coefficient (Wildman–Crippen LogP) is 5.36. The molecule has 0 bridgehead atoms. The molecule has 0 radical (unpaired) electrons. The zero-order valence-corrected chi connectivity index (χ0v) is 12.7. The summed E-state index contributed by atoms with van der Waals surface area (Å²) in [6.07, 6.45) is 0. The van der Waals surface area contributed by atoms with Crippen molar-refractivity contribution in [2.24, 2.45) is 0 Å². The van der Waals surface area contributed by atoms with Crippen LogP contribution in [0, 0.1) is 5.82 Å². The molecule has 1 nitrogen and oxygen atoms in total. The number of hydrogen-bond acceptors (Lipinski definition) is 1. The first-order valence-electron chi connectivity index (χ1n) is 5.94. The van der Waals surface area contributed by atoms with Crippen molar-refractivity contribution in [1.82, 2.24) is 0 Å². The Hall–Kier alpha value is -1.06. The molecule has 100 valence electrons. The Morgan fingerprint density at radius 2 is 1.89 bits per heavy atom. The van der Waals surface area contributed by atoms with E-state index >= 15 is 0 Å². The third-order valence-electron chi connectivity index (χ3n) is 2.74. The van der Waals surface area contributed by atoms with E-state index in [0.29, 0.717) is 12.2 Å². The van der Waals surface area contributed by atoms with Crippen LogP contribution in [0.1, 0.15) is 22.9 Å². The first kappa shape index (κ1) is 14.4. The SMILES string of the molecule is CCOc1ccc(C(Br)c2cccc(Cl)c2F)cc1. The molecule has 2 rings (SSSR count). The van der Waals surface area contributed by atoms with Crippen molar-refractivity contribution >= 4 is 27.5 Å². The Labute approximate surface area is 125 Å². The second-order valence-corrected chi connectivity index (χ2v) is 5.33. The lowest BCUT2D eigenvalue weighted by Crippen LogP contribution is -1.98. The number of alkyl halides is 1. The van der Waals surface area contributed by atoms with Crippen LogP contribution in [0.5, 0.6) is 5.75 Å². The first-order chi connectivity index (χ1) is 9.13. The molecule has 2 aromatic carbocycles. The van der Waals surface area contributed by atoms with Crippen molar-refractivity contribution in [1.29, 1.82) is 0 Å². The summed E-state index contributed by atoms with van der Waals surface area (Å²) in [5.74, 6) is 0.414. The van der Waals surface area contributed by atoms with E-state index in [1.807, 2.05) is 31.2 Å². The lowest BCUT2D eigenvalue weighted by Gasteiger charge is -2.13. The maximum Gasteiger partial charge on any atom is 0.146 e. The van der Waals surface area contributed by atoms with Gasteiger partial charge in [-0.3, -0.25) is 0 Å². The average molecular weight is 344 g/mol. The van der Waals surface area contributed by atoms with Crippen LogP contribution in [0.15, 0.2) is 42.5 Å². The van der Waals surface area contributed by atoms with Gasteiger partial charge in [-0.2, -0.15) is 0 Å². The van der Waals surface area contributed by atoms with Gasteiger partial charge in [-0.15, -0.1) is 0 Å². The molecule has 0 fully saturated rings. The second kappa shape index (κ2) is 6.40. The third kappa shape index (κ3) is 3.28. The van der Waals surface area contributed by atoms with E-state index in [1.54, 1.807) is 12.1 Å². The molecular formula is C15H13BrClFO. The molecule has 0 aliphatic heterocycles. The van der Waals surface area contributed by atoms with Crippen molar-refractivity contribution in [2.45, 2.75) is 11.8 Å². The molecule has 4 heteroatoms.